The van der Waals surface area contributed by atoms with Crippen LogP contribution in [0.2, 0.25) is 0 Å². The van der Waals surface area contributed by atoms with Gasteiger partial charge in [-0.1, -0.05) is 13.0 Å². The van der Waals surface area contributed by atoms with E-state index < -0.39 is 10.8 Å². The molecular weight excluding hydrogens is 236 g/mol. The number of hydrogen-bond acceptors (Lipinski definition) is 3. The lowest BCUT2D eigenvalue weighted by atomic mass is 10.1. The zero-order valence-corrected chi connectivity index (χ0v) is 11.0. The largest absolute Gasteiger partial charge is 0.398 e. The maximum atomic E-state index is 11.6. The Kier molecular flexibility index (Phi) is 5.15. The summed E-state index contributed by atoms with van der Waals surface area (Å²) >= 11 is 0. The topological polar surface area (TPSA) is 72.2 Å². The fourth-order valence-electron chi connectivity index (χ4n) is 1.35. The van der Waals surface area contributed by atoms with Crippen molar-refractivity contribution in [3.63, 3.8) is 0 Å². The first-order chi connectivity index (χ1) is 8.04. The highest BCUT2D eigenvalue weighted by atomic mass is 32.2. The van der Waals surface area contributed by atoms with Gasteiger partial charge in [-0.25, -0.2) is 0 Å². The number of amides is 1. The van der Waals surface area contributed by atoms with Crippen LogP contribution in [0, 0.1) is 6.92 Å². The summed E-state index contributed by atoms with van der Waals surface area (Å²) in [7, 11) is -0.901. The van der Waals surface area contributed by atoms with E-state index in [1.807, 2.05) is 13.8 Å². The lowest BCUT2D eigenvalue weighted by Crippen LogP contribution is -2.16. The normalized spacial score (nSPS) is 12.1. The molecule has 3 N–H and O–H groups in total. The fourth-order valence-corrected chi connectivity index (χ4v) is 2.05. The van der Waals surface area contributed by atoms with Crippen LogP contribution in [-0.2, 0) is 15.6 Å². The molecule has 0 saturated heterocycles. The summed E-state index contributed by atoms with van der Waals surface area (Å²) in [6.45, 7) is 3.70. The number of hydrogen-bond donors (Lipinski definition) is 2. The molecule has 0 fully saturated rings. The molecule has 1 aromatic rings. The van der Waals surface area contributed by atoms with Crippen LogP contribution >= 0.6 is 0 Å². The minimum atomic E-state index is -0.901. The van der Waals surface area contributed by atoms with Gasteiger partial charge in [0, 0.05) is 40.1 Å². The van der Waals surface area contributed by atoms with Crippen LogP contribution in [0.5, 0.6) is 0 Å². The molecule has 1 atom stereocenters. The molecule has 17 heavy (non-hydrogen) atoms. The third kappa shape index (κ3) is 4.19. The molecule has 1 amide bonds. The molecule has 0 aliphatic carbocycles. The van der Waals surface area contributed by atoms with Gasteiger partial charge in [0.1, 0.15) is 0 Å². The van der Waals surface area contributed by atoms with Crippen LogP contribution in [0.1, 0.15) is 18.9 Å². The molecule has 0 saturated carbocycles. The van der Waals surface area contributed by atoms with Crippen molar-refractivity contribution in [1.82, 2.24) is 0 Å². The highest BCUT2D eigenvalue weighted by Crippen LogP contribution is 2.20. The van der Waals surface area contributed by atoms with Gasteiger partial charge in [-0.05, 0) is 24.6 Å². The monoisotopic (exact) mass is 254 g/mol. The number of rotatable bonds is 5. The predicted octanol–water partition coefficient (Wildman–Crippen LogP) is 1.67. The van der Waals surface area contributed by atoms with Crippen molar-refractivity contribution in [2.75, 3.05) is 22.6 Å². The minimum Gasteiger partial charge on any atom is -0.398 e. The van der Waals surface area contributed by atoms with E-state index in [1.165, 1.54) is 0 Å². The molecule has 1 unspecified atom stereocenters. The number of nitrogens with two attached hydrogens (primary N) is 1. The molecule has 94 valence electrons. The molecule has 0 aliphatic rings. The Balaban J connectivity index is 2.56. The van der Waals surface area contributed by atoms with E-state index in [-0.39, 0.29) is 12.3 Å². The first-order valence-corrected chi connectivity index (χ1v) is 7.03. The molecular formula is C12H18N2O2S. The van der Waals surface area contributed by atoms with Gasteiger partial charge in [-0.15, -0.1) is 0 Å². The van der Waals surface area contributed by atoms with Gasteiger partial charge >= 0.3 is 0 Å². The first-order valence-electron chi connectivity index (χ1n) is 5.54. The molecule has 4 nitrogen and oxygen atoms in total. The number of carbonyl (C=O) groups is 1. The summed E-state index contributed by atoms with van der Waals surface area (Å²) in [6, 6.07) is 5.39. The van der Waals surface area contributed by atoms with Crippen LogP contribution in [0.15, 0.2) is 18.2 Å². The van der Waals surface area contributed by atoms with E-state index in [9.17, 15) is 9.00 Å². The summed E-state index contributed by atoms with van der Waals surface area (Å²) in [5, 5.41) is 2.78. The van der Waals surface area contributed by atoms with Gasteiger partial charge in [0.15, 0.2) is 0 Å². The van der Waals surface area contributed by atoms with Crippen LogP contribution in [0.4, 0.5) is 11.4 Å². The van der Waals surface area contributed by atoms with Crippen molar-refractivity contribution in [3.05, 3.63) is 23.8 Å². The quantitative estimate of drug-likeness (QED) is 0.785. The Bertz CT molecular complexity index is 433. The van der Waals surface area contributed by atoms with Crippen LogP contribution < -0.4 is 11.1 Å². The van der Waals surface area contributed by atoms with Crippen molar-refractivity contribution < 1.29 is 9.00 Å². The number of carbonyl (C=O) groups excluding carboxylic acids is 1. The van der Waals surface area contributed by atoms with Gasteiger partial charge in [0.25, 0.3) is 0 Å². The summed E-state index contributed by atoms with van der Waals surface area (Å²) in [6.07, 6.45) is 0.273. The van der Waals surface area contributed by atoms with Crippen LogP contribution in [-0.4, -0.2) is 21.6 Å². The van der Waals surface area contributed by atoms with Gasteiger partial charge in [0.2, 0.25) is 5.91 Å². The van der Waals surface area contributed by atoms with Crippen molar-refractivity contribution in [2.24, 2.45) is 0 Å². The second-order valence-electron chi connectivity index (χ2n) is 3.75. The highest BCUT2D eigenvalue weighted by molar-refractivity contribution is 7.84. The predicted molar refractivity (Wildman–Crippen MR) is 72.4 cm³/mol. The second kappa shape index (κ2) is 6.39. The average Bonchev–Trinajstić information content (AvgIpc) is 2.32. The Labute approximate surface area is 104 Å². The Hall–Kier alpha value is -1.36. The Morgan fingerprint density at radius 2 is 2.18 bits per heavy atom. The van der Waals surface area contributed by atoms with Crippen molar-refractivity contribution in [2.45, 2.75) is 20.3 Å². The minimum absolute atomic E-state index is 0.125. The number of nitrogen functional groups attached to an aromatic ring is 1. The average molecular weight is 254 g/mol. The SMILES string of the molecule is CCS(=O)CCC(=O)Nc1cccc(N)c1C. The van der Waals surface area contributed by atoms with E-state index in [0.717, 1.165) is 11.3 Å². The van der Waals surface area contributed by atoms with Crippen molar-refractivity contribution >= 4 is 28.1 Å². The first kappa shape index (κ1) is 13.7. The zero-order chi connectivity index (χ0) is 12.8. The third-order valence-corrected chi connectivity index (χ3v) is 3.83. The molecule has 0 heterocycles. The van der Waals surface area contributed by atoms with E-state index in [4.69, 9.17) is 5.73 Å². The summed E-state index contributed by atoms with van der Waals surface area (Å²) in [5.41, 5.74) is 7.97. The maximum Gasteiger partial charge on any atom is 0.225 e. The molecule has 0 aliphatic heterocycles. The Morgan fingerprint density at radius 3 is 2.82 bits per heavy atom. The molecule has 0 spiro atoms. The molecule has 1 aromatic carbocycles. The molecule has 0 bridgehead atoms. The zero-order valence-electron chi connectivity index (χ0n) is 10.2. The summed E-state index contributed by atoms with van der Waals surface area (Å²) < 4.78 is 11.2. The number of anilines is 2. The molecule has 0 aromatic heterocycles. The van der Waals surface area contributed by atoms with E-state index in [1.54, 1.807) is 18.2 Å². The van der Waals surface area contributed by atoms with Gasteiger partial charge in [-0.2, -0.15) is 0 Å². The van der Waals surface area contributed by atoms with Gasteiger partial charge < -0.3 is 11.1 Å². The smallest absolute Gasteiger partial charge is 0.225 e. The van der Waals surface area contributed by atoms with Crippen LogP contribution in [0.3, 0.4) is 0 Å². The van der Waals surface area contributed by atoms with Gasteiger partial charge in [-0.3, -0.25) is 9.00 Å². The lowest BCUT2D eigenvalue weighted by molar-refractivity contribution is -0.115. The standard InChI is InChI=1S/C12H18N2O2S/c1-3-17(16)8-7-12(15)14-11-6-4-5-10(13)9(11)2/h4-6H,3,7-8,13H2,1-2H3,(H,14,15). The fraction of sp³-hybridized carbons (Fsp3) is 0.417. The Morgan fingerprint density at radius 1 is 1.47 bits per heavy atom. The number of benzene rings is 1. The molecule has 0 radical (unpaired) electrons. The summed E-state index contributed by atoms with van der Waals surface area (Å²) in [5.74, 6) is 0.870. The van der Waals surface area contributed by atoms with E-state index in [2.05, 4.69) is 5.32 Å². The van der Waals surface area contributed by atoms with Crippen molar-refractivity contribution in [3.8, 4) is 0 Å². The maximum absolute atomic E-state index is 11.6. The molecule has 1 rings (SSSR count). The van der Waals surface area contributed by atoms with Crippen molar-refractivity contribution in [1.29, 1.82) is 0 Å². The highest BCUT2D eigenvalue weighted by Gasteiger charge is 2.07. The van der Waals surface area contributed by atoms with E-state index in [0.29, 0.717) is 17.2 Å². The lowest BCUT2D eigenvalue weighted by Gasteiger charge is -2.09. The van der Waals surface area contributed by atoms with E-state index >= 15 is 0 Å². The third-order valence-electron chi connectivity index (χ3n) is 2.53. The van der Waals surface area contributed by atoms with Crippen LogP contribution in [0.25, 0.3) is 0 Å². The van der Waals surface area contributed by atoms with Gasteiger partial charge in [0.05, 0.1) is 0 Å². The molecule has 5 heteroatoms. The summed E-state index contributed by atoms with van der Waals surface area (Å²) in [4.78, 5) is 11.6. The second-order valence-corrected chi connectivity index (χ2v) is 5.62. The number of nitrogens with one attached hydrogen (secondary N) is 1.